The first-order chi connectivity index (χ1) is 9.99. The Morgan fingerprint density at radius 2 is 1.86 bits per heavy atom. The molecular formula is C16H28N2O3. The second-order valence-electron chi connectivity index (χ2n) is 6.90. The molecule has 5 heteroatoms. The Morgan fingerprint density at radius 1 is 1.19 bits per heavy atom. The SMILES string of the molecule is CC(C)CN(CC(=O)O)C(=O)N1CCC[C@H]2CCCC[C@H]21. The number of urea groups is 1. The maximum Gasteiger partial charge on any atom is 0.323 e. The molecule has 0 aromatic rings. The predicted molar refractivity (Wildman–Crippen MR) is 81.1 cm³/mol. The quantitative estimate of drug-likeness (QED) is 0.867. The van der Waals surface area contributed by atoms with E-state index >= 15 is 0 Å². The number of amides is 2. The van der Waals surface area contributed by atoms with Gasteiger partial charge in [0, 0.05) is 19.1 Å². The molecule has 2 rings (SSSR count). The normalized spacial score (nSPS) is 25.6. The summed E-state index contributed by atoms with van der Waals surface area (Å²) in [5.74, 6) is -0.0244. The highest BCUT2D eigenvalue weighted by Gasteiger charge is 2.37. The fraction of sp³-hybridized carbons (Fsp3) is 0.875. The van der Waals surface area contributed by atoms with Crippen molar-refractivity contribution in [2.24, 2.45) is 11.8 Å². The van der Waals surface area contributed by atoms with E-state index in [0.717, 1.165) is 19.4 Å². The van der Waals surface area contributed by atoms with Gasteiger partial charge in [-0.1, -0.05) is 26.7 Å². The number of fused-ring (bicyclic) bond motifs is 1. The van der Waals surface area contributed by atoms with Crippen molar-refractivity contribution in [1.29, 1.82) is 0 Å². The summed E-state index contributed by atoms with van der Waals surface area (Å²) < 4.78 is 0. The topological polar surface area (TPSA) is 60.9 Å². The fourth-order valence-corrected chi connectivity index (χ4v) is 3.86. The van der Waals surface area contributed by atoms with Crippen LogP contribution in [0.25, 0.3) is 0 Å². The van der Waals surface area contributed by atoms with Crippen LogP contribution in [0.4, 0.5) is 4.79 Å². The summed E-state index contributed by atoms with van der Waals surface area (Å²) in [5.41, 5.74) is 0. The minimum atomic E-state index is -0.929. The third-order valence-corrected chi connectivity index (χ3v) is 4.67. The monoisotopic (exact) mass is 296 g/mol. The summed E-state index contributed by atoms with van der Waals surface area (Å²) in [6.45, 7) is 5.14. The fourth-order valence-electron chi connectivity index (χ4n) is 3.86. The molecule has 0 unspecified atom stereocenters. The van der Waals surface area contributed by atoms with Crippen molar-refractivity contribution in [3.05, 3.63) is 0 Å². The van der Waals surface area contributed by atoms with Crippen LogP contribution >= 0.6 is 0 Å². The maximum atomic E-state index is 12.8. The molecule has 1 saturated carbocycles. The molecule has 2 amide bonds. The Bertz CT molecular complexity index is 382. The summed E-state index contributed by atoms with van der Waals surface area (Å²) in [4.78, 5) is 27.4. The second-order valence-corrected chi connectivity index (χ2v) is 6.90. The van der Waals surface area contributed by atoms with Crippen LogP contribution in [-0.4, -0.2) is 52.6 Å². The van der Waals surface area contributed by atoms with Crippen LogP contribution in [0.3, 0.4) is 0 Å². The lowest BCUT2D eigenvalue weighted by atomic mass is 9.78. The van der Waals surface area contributed by atoms with Crippen molar-refractivity contribution >= 4 is 12.0 Å². The number of carbonyl (C=O) groups is 2. The van der Waals surface area contributed by atoms with Gasteiger partial charge in [-0.15, -0.1) is 0 Å². The van der Waals surface area contributed by atoms with Crippen LogP contribution in [0, 0.1) is 11.8 Å². The lowest BCUT2D eigenvalue weighted by Gasteiger charge is -2.45. The van der Waals surface area contributed by atoms with Crippen LogP contribution in [0.5, 0.6) is 0 Å². The van der Waals surface area contributed by atoms with Crippen molar-refractivity contribution in [1.82, 2.24) is 9.80 Å². The molecule has 2 fully saturated rings. The van der Waals surface area contributed by atoms with E-state index in [1.54, 1.807) is 0 Å². The number of hydrogen-bond acceptors (Lipinski definition) is 2. The van der Waals surface area contributed by atoms with Gasteiger partial charge < -0.3 is 14.9 Å². The van der Waals surface area contributed by atoms with Gasteiger partial charge in [-0.2, -0.15) is 0 Å². The number of carboxylic acids is 1. The Balaban J connectivity index is 2.08. The van der Waals surface area contributed by atoms with Crippen molar-refractivity contribution in [3.8, 4) is 0 Å². The van der Waals surface area contributed by atoms with Gasteiger partial charge in [0.15, 0.2) is 0 Å². The van der Waals surface area contributed by atoms with Crippen LogP contribution in [0.2, 0.25) is 0 Å². The molecule has 1 aliphatic carbocycles. The third-order valence-electron chi connectivity index (χ3n) is 4.67. The van der Waals surface area contributed by atoms with E-state index < -0.39 is 5.97 Å². The zero-order chi connectivity index (χ0) is 15.4. The molecule has 1 N–H and O–H groups in total. The number of nitrogens with zero attached hydrogens (tertiary/aromatic N) is 2. The molecular weight excluding hydrogens is 268 g/mol. The zero-order valence-electron chi connectivity index (χ0n) is 13.3. The molecule has 2 aliphatic rings. The Labute approximate surface area is 127 Å². The van der Waals surface area contributed by atoms with Crippen molar-refractivity contribution < 1.29 is 14.7 Å². The summed E-state index contributed by atoms with van der Waals surface area (Å²) >= 11 is 0. The van der Waals surface area contributed by atoms with E-state index in [4.69, 9.17) is 5.11 Å². The standard InChI is InChI=1S/C16H28N2O3/c1-12(2)10-17(11-15(19)20)16(21)18-9-5-7-13-6-3-4-8-14(13)18/h12-14H,3-11H2,1-2H3,(H,19,20)/t13-,14-/m1/s1. The maximum absolute atomic E-state index is 12.8. The molecule has 0 bridgehead atoms. The average molecular weight is 296 g/mol. The van der Waals surface area contributed by atoms with Gasteiger partial charge in [-0.05, 0) is 37.5 Å². The van der Waals surface area contributed by atoms with E-state index in [2.05, 4.69) is 0 Å². The number of aliphatic carboxylic acids is 1. The summed E-state index contributed by atoms with van der Waals surface area (Å²) in [6, 6.07) is 0.270. The van der Waals surface area contributed by atoms with Crippen LogP contribution in [-0.2, 0) is 4.79 Å². The van der Waals surface area contributed by atoms with Gasteiger partial charge in [-0.3, -0.25) is 4.79 Å². The second kappa shape index (κ2) is 7.14. The number of rotatable bonds is 4. The molecule has 1 aliphatic heterocycles. The first-order valence-corrected chi connectivity index (χ1v) is 8.26. The highest BCUT2D eigenvalue weighted by Crippen LogP contribution is 2.35. The molecule has 0 spiro atoms. The first kappa shape index (κ1) is 16.1. The van der Waals surface area contributed by atoms with E-state index in [0.29, 0.717) is 18.5 Å². The lowest BCUT2D eigenvalue weighted by Crippen LogP contribution is -2.55. The number of carbonyl (C=O) groups excluding carboxylic acids is 1. The molecule has 5 nitrogen and oxygen atoms in total. The van der Waals surface area contributed by atoms with E-state index in [-0.39, 0.29) is 18.5 Å². The summed E-state index contributed by atoms with van der Waals surface area (Å²) in [6.07, 6.45) is 7.03. The van der Waals surface area contributed by atoms with E-state index in [9.17, 15) is 9.59 Å². The van der Waals surface area contributed by atoms with Gasteiger partial charge in [0.05, 0.1) is 0 Å². The predicted octanol–water partition coefficient (Wildman–Crippen LogP) is 2.80. The Morgan fingerprint density at radius 3 is 2.52 bits per heavy atom. The Kier molecular flexibility index (Phi) is 5.48. The van der Waals surface area contributed by atoms with Gasteiger partial charge in [-0.25, -0.2) is 4.79 Å². The molecule has 0 radical (unpaired) electrons. The van der Waals surface area contributed by atoms with E-state index in [1.807, 2.05) is 18.7 Å². The van der Waals surface area contributed by atoms with Crippen LogP contribution in [0.1, 0.15) is 52.4 Å². The molecule has 2 atom stereocenters. The number of likely N-dealkylation sites (tertiary alicyclic amines) is 1. The van der Waals surface area contributed by atoms with Gasteiger partial charge in [0.2, 0.25) is 0 Å². The van der Waals surface area contributed by atoms with E-state index in [1.165, 1.54) is 30.6 Å². The van der Waals surface area contributed by atoms with Crippen molar-refractivity contribution in [2.45, 2.75) is 58.4 Å². The number of hydrogen-bond donors (Lipinski definition) is 1. The molecule has 1 saturated heterocycles. The molecule has 1 heterocycles. The first-order valence-electron chi connectivity index (χ1n) is 8.26. The molecule has 120 valence electrons. The average Bonchev–Trinajstić information content (AvgIpc) is 2.44. The van der Waals surface area contributed by atoms with Crippen LogP contribution in [0.15, 0.2) is 0 Å². The minimum absolute atomic E-state index is 0.0669. The summed E-state index contributed by atoms with van der Waals surface area (Å²) in [7, 11) is 0. The number of piperidine rings is 1. The minimum Gasteiger partial charge on any atom is -0.480 e. The largest absolute Gasteiger partial charge is 0.480 e. The number of carboxylic acid groups (broad SMARTS) is 1. The lowest BCUT2D eigenvalue weighted by molar-refractivity contribution is -0.138. The Hall–Kier alpha value is -1.26. The highest BCUT2D eigenvalue weighted by atomic mass is 16.4. The molecule has 0 aromatic heterocycles. The van der Waals surface area contributed by atoms with Gasteiger partial charge >= 0.3 is 12.0 Å². The molecule has 21 heavy (non-hydrogen) atoms. The molecule has 0 aromatic carbocycles. The van der Waals surface area contributed by atoms with Crippen molar-refractivity contribution in [2.75, 3.05) is 19.6 Å². The van der Waals surface area contributed by atoms with Crippen molar-refractivity contribution in [3.63, 3.8) is 0 Å². The van der Waals surface area contributed by atoms with Gasteiger partial charge in [0.25, 0.3) is 0 Å². The summed E-state index contributed by atoms with van der Waals surface area (Å²) in [5, 5.41) is 9.06. The van der Waals surface area contributed by atoms with Gasteiger partial charge in [0.1, 0.15) is 6.54 Å². The highest BCUT2D eigenvalue weighted by molar-refractivity contribution is 5.80. The smallest absolute Gasteiger partial charge is 0.323 e. The van der Waals surface area contributed by atoms with Crippen LogP contribution < -0.4 is 0 Å². The zero-order valence-corrected chi connectivity index (χ0v) is 13.3. The third kappa shape index (κ3) is 4.11.